The maximum atomic E-state index is 12.2. The molecular weight excluding hydrogens is 270 g/mol. The Morgan fingerprint density at radius 2 is 1.95 bits per heavy atom. The maximum Gasteiger partial charge on any atom is 0.415 e. The van der Waals surface area contributed by atoms with E-state index < -0.39 is 17.5 Å². The van der Waals surface area contributed by atoms with Gasteiger partial charge in [0.25, 0.3) is 0 Å². The Bertz CT molecular complexity index is 512. The Morgan fingerprint density at radius 3 is 2.57 bits per heavy atom. The van der Waals surface area contributed by atoms with Gasteiger partial charge >= 0.3 is 12.1 Å². The predicted octanol–water partition coefficient (Wildman–Crippen LogP) is 3.01. The lowest BCUT2D eigenvalue weighted by atomic mass is 9.75. The molecule has 1 aliphatic rings. The summed E-state index contributed by atoms with van der Waals surface area (Å²) in [5.41, 5.74) is -0.842. The number of aliphatic carboxylic acids is 1. The summed E-state index contributed by atoms with van der Waals surface area (Å²) >= 11 is 0. The third kappa shape index (κ3) is 3.54. The lowest BCUT2D eigenvalue weighted by Crippen LogP contribution is -2.47. The number of likely N-dealkylation sites (tertiary alicyclic amines) is 1. The van der Waals surface area contributed by atoms with E-state index in [1.54, 1.807) is 43.0 Å². The van der Waals surface area contributed by atoms with Crippen LogP contribution >= 0.6 is 0 Å². The molecule has 1 saturated heterocycles. The summed E-state index contributed by atoms with van der Waals surface area (Å²) in [5.74, 6) is -0.389. The van der Waals surface area contributed by atoms with Crippen LogP contribution in [0.4, 0.5) is 4.79 Å². The van der Waals surface area contributed by atoms with Crippen molar-refractivity contribution in [2.45, 2.75) is 26.7 Å². The number of carbonyl (C=O) groups excluding carboxylic acids is 1. The van der Waals surface area contributed by atoms with Crippen LogP contribution in [0.5, 0.6) is 5.75 Å². The summed E-state index contributed by atoms with van der Waals surface area (Å²) in [6.07, 6.45) is 1.20. The van der Waals surface area contributed by atoms with Crippen molar-refractivity contribution in [3.63, 3.8) is 0 Å². The molecule has 1 aromatic carbocycles. The van der Waals surface area contributed by atoms with Crippen molar-refractivity contribution in [1.82, 2.24) is 4.90 Å². The molecule has 1 aliphatic heterocycles. The molecule has 5 nitrogen and oxygen atoms in total. The largest absolute Gasteiger partial charge is 0.481 e. The van der Waals surface area contributed by atoms with Crippen LogP contribution < -0.4 is 4.74 Å². The Hall–Kier alpha value is -2.04. The normalized spacial score (nSPS) is 19.1. The van der Waals surface area contributed by atoms with E-state index in [0.717, 1.165) is 12.8 Å². The number of hydrogen-bond donors (Lipinski definition) is 1. The van der Waals surface area contributed by atoms with Crippen LogP contribution in [0.2, 0.25) is 0 Å². The van der Waals surface area contributed by atoms with E-state index in [1.165, 1.54) is 0 Å². The van der Waals surface area contributed by atoms with E-state index in [9.17, 15) is 14.7 Å². The van der Waals surface area contributed by atoms with Gasteiger partial charge in [0.1, 0.15) is 5.75 Å². The molecular formula is C16H21NO4. The van der Waals surface area contributed by atoms with Crippen molar-refractivity contribution < 1.29 is 19.4 Å². The fraction of sp³-hybridized carbons (Fsp3) is 0.500. The summed E-state index contributed by atoms with van der Waals surface area (Å²) in [6.45, 7) is 4.46. The quantitative estimate of drug-likeness (QED) is 0.929. The molecule has 1 atom stereocenters. The van der Waals surface area contributed by atoms with Gasteiger partial charge in [0.05, 0.1) is 5.41 Å². The average Bonchev–Trinajstić information content (AvgIpc) is 2.48. The van der Waals surface area contributed by atoms with Gasteiger partial charge in [-0.1, -0.05) is 18.2 Å². The highest BCUT2D eigenvalue weighted by molar-refractivity contribution is 5.74. The van der Waals surface area contributed by atoms with E-state index in [4.69, 9.17) is 4.74 Å². The summed E-state index contributed by atoms with van der Waals surface area (Å²) in [6, 6.07) is 8.90. The minimum Gasteiger partial charge on any atom is -0.481 e. The van der Waals surface area contributed by atoms with E-state index >= 15 is 0 Å². The first-order valence-corrected chi connectivity index (χ1v) is 7.16. The topological polar surface area (TPSA) is 66.8 Å². The van der Waals surface area contributed by atoms with Crippen LogP contribution in [0.3, 0.4) is 0 Å². The smallest absolute Gasteiger partial charge is 0.415 e. The fourth-order valence-corrected chi connectivity index (χ4v) is 2.56. The molecule has 21 heavy (non-hydrogen) atoms. The third-order valence-corrected chi connectivity index (χ3v) is 4.20. The van der Waals surface area contributed by atoms with Crippen molar-refractivity contribution in [2.24, 2.45) is 11.3 Å². The summed E-state index contributed by atoms with van der Waals surface area (Å²) in [7, 11) is 0. The summed E-state index contributed by atoms with van der Waals surface area (Å²) in [4.78, 5) is 25.1. The molecule has 0 bridgehead atoms. The number of carboxylic acids is 1. The first-order chi connectivity index (χ1) is 9.91. The molecule has 1 amide bonds. The standard InChI is InChI=1S/C16H21NO4/c1-16(2,14(18)19)12-7-6-10-17(11-12)15(20)21-13-8-4-3-5-9-13/h3-5,8-9,12H,6-7,10-11H2,1-2H3,(H,18,19). The predicted molar refractivity (Wildman–Crippen MR) is 78.2 cm³/mol. The average molecular weight is 291 g/mol. The number of nitrogens with zero attached hydrogens (tertiary/aromatic N) is 1. The Labute approximate surface area is 124 Å². The molecule has 1 N–H and O–H groups in total. The Morgan fingerprint density at radius 1 is 1.29 bits per heavy atom. The van der Waals surface area contributed by atoms with Gasteiger partial charge in [-0.05, 0) is 44.7 Å². The molecule has 0 aliphatic carbocycles. The van der Waals surface area contributed by atoms with Crippen LogP contribution in [-0.2, 0) is 4.79 Å². The highest BCUT2D eigenvalue weighted by Gasteiger charge is 2.40. The molecule has 1 unspecified atom stereocenters. The molecule has 1 aromatic rings. The summed E-state index contributed by atoms with van der Waals surface area (Å²) in [5, 5.41) is 9.32. The maximum absolute atomic E-state index is 12.2. The number of rotatable bonds is 3. The number of ether oxygens (including phenoxy) is 1. The van der Waals surface area contributed by atoms with Gasteiger partial charge in [-0.3, -0.25) is 4.79 Å². The van der Waals surface area contributed by atoms with Crippen molar-refractivity contribution in [1.29, 1.82) is 0 Å². The van der Waals surface area contributed by atoms with E-state index in [1.807, 2.05) is 6.07 Å². The molecule has 114 valence electrons. The summed E-state index contributed by atoms with van der Waals surface area (Å²) < 4.78 is 5.31. The SMILES string of the molecule is CC(C)(C(=O)O)C1CCCN(C(=O)Oc2ccccc2)C1. The highest BCUT2D eigenvalue weighted by atomic mass is 16.6. The number of benzene rings is 1. The minimum absolute atomic E-state index is 0.0629. The van der Waals surface area contributed by atoms with Crippen molar-refractivity contribution in [2.75, 3.05) is 13.1 Å². The zero-order chi connectivity index (χ0) is 15.5. The number of hydrogen-bond acceptors (Lipinski definition) is 3. The van der Waals surface area contributed by atoms with Crippen LogP contribution in [0.25, 0.3) is 0 Å². The van der Waals surface area contributed by atoms with Gasteiger partial charge in [0, 0.05) is 13.1 Å². The van der Waals surface area contributed by atoms with Crippen LogP contribution in [0.1, 0.15) is 26.7 Å². The molecule has 0 spiro atoms. The molecule has 0 aromatic heterocycles. The van der Waals surface area contributed by atoms with Gasteiger partial charge < -0.3 is 14.7 Å². The monoisotopic (exact) mass is 291 g/mol. The number of para-hydroxylation sites is 1. The lowest BCUT2D eigenvalue weighted by molar-refractivity contribution is -0.151. The van der Waals surface area contributed by atoms with E-state index in [0.29, 0.717) is 18.8 Å². The zero-order valence-corrected chi connectivity index (χ0v) is 12.4. The van der Waals surface area contributed by atoms with Crippen LogP contribution in [0.15, 0.2) is 30.3 Å². The molecule has 2 rings (SSSR count). The van der Waals surface area contributed by atoms with Crippen LogP contribution in [0, 0.1) is 11.3 Å². The second kappa shape index (κ2) is 6.16. The molecule has 1 heterocycles. The second-order valence-corrected chi connectivity index (χ2v) is 5.99. The molecule has 0 radical (unpaired) electrons. The van der Waals surface area contributed by atoms with E-state index in [-0.39, 0.29) is 5.92 Å². The first kappa shape index (κ1) is 15.4. The van der Waals surface area contributed by atoms with E-state index in [2.05, 4.69) is 0 Å². The zero-order valence-electron chi connectivity index (χ0n) is 12.4. The minimum atomic E-state index is -0.842. The van der Waals surface area contributed by atoms with Crippen molar-refractivity contribution >= 4 is 12.1 Å². The highest BCUT2D eigenvalue weighted by Crippen LogP contribution is 2.34. The van der Waals surface area contributed by atoms with Gasteiger partial charge in [0.2, 0.25) is 0 Å². The fourth-order valence-electron chi connectivity index (χ4n) is 2.56. The molecule has 1 fully saturated rings. The number of piperidine rings is 1. The van der Waals surface area contributed by atoms with Crippen molar-refractivity contribution in [3.8, 4) is 5.75 Å². The number of carbonyl (C=O) groups is 2. The lowest BCUT2D eigenvalue weighted by Gasteiger charge is -2.38. The Kier molecular flexibility index (Phi) is 4.50. The second-order valence-electron chi connectivity index (χ2n) is 5.99. The van der Waals surface area contributed by atoms with Gasteiger partial charge in [-0.15, -0.1) is 0 Å². The number of carboxylic acid groups (broad SMARTS) is 1. The third-order valence-electron chi connectivity index (χ3n) is 4.20. The van der Waals surface area contributed by atoms with Gasteiger partial charge in [-0.25, -0.2) is 4.79 Å². The molecule has 5 heteroatoms. The van der Waals surface area contributed by atoms with Crippen molar-refractivity contribution in [3.05, 3.63) is 30.3 Å². The van der Waals surface area contributed by atoms with Gasteiger partial charge in [0.15, 0.2) is 0 Å². The molecule has 0 saturated carbocycles. The first-order valence-electron chi connectivity index (χ1n) is 7.16. The Balaban J connectivity index is 2.01. The van der Waals surface area contributed by atoms with Gasteiger partial charge in [-0.2, -0.15) is 0 Å². The number of amides is 1. The van der Waals surface area contributed by atoms with Crippen LogP contribution in [-0.4, -0.2) is 35.2 Å².